The van der Waals surface area contributed by atoms with Gasteiger partial charge in [0.25, 0.3) is 0 Å². The Morgan fingerprint density at radius 1 is 1.07 bits per heavy atom. The van der Waals surface area contributed by atoms with Gasteiger partial charge in [-0.25, -0.2) is 13.2 Å². The lowest BCUT2D eigenvalue weighted by molar-refractivity contribution is 0.437. The van der Waals surface area contributed by atoms with Crippen molar-refractivity contribution in [3.63, 3.8) is 0 Å². The predicted octanol–water partition coefficient (Wildman–Crippen LogP) is 2.34. The highest BCUT2D eigenvalue weighted by molar-refractivity contribution is 5.62. The minimum Gasteiger partial charge on any atom is -0.368 e. The van der Waals surface area contributed by atoms with Gasteiger partial charge >= 0.3 is 0 Å². The van der Waals surface area contributed by atoms with Crippen molar-refractivity contribution in [3.8, 4) is 11.3 Å². The summed E-state index contributed by atoms with van der Waals surface area (Å²) < 4.78 is 43.4. The highest BCUT2D eigenvalue weighted by Crippen LogP contribution is 2.26. The molecule has 0 fully saturated rings. The lowest BCUT2D eigenvalue weighted by atomic mass is 10.1. The average Bonchev–Trinajstić information content (AvgIpc) is 2.49. The third-order valence-electron chi connectivity index (χ3n) is 1.79. The molecule has 2 N–H and O–H groups in total. The summed E-state index contributed by atoms with van der Waals surface area (Å²) in [7, 11) is 0. The quantitative estimate of drug-likeness (QED) is 0.792. The normalized spacial score (nSPS) is 10.6. The number of hydrogen-bond acceptors (Lipinski definition) is 3. The summed E-state index contributed by atoms with van der Waals surface area (Å²) in [6.45, 7) is 0. The SMILES string of the molecule is Nc1cc(-c2c(F)cc(F)cc2F)no1. The van der Waals surface area contributed by atoms with Gasteiger partial charge in [0.15, 0.2) is 0 Å². The van der Waals surface area contributed by atoms with Crippen LogP contribution in [0.25, 0.3) is 11.3 Å². The standard InChI is InChI=1S/C9H5F3N2O/c10-4-1-5(11)9(6(12)2-4)7-3-8(13)15-14-7/h1-3H,13H2. The molecular formula is C9H5F3N2O. The second-order valence-corrected chi connectivity index (χ2v) is 2.86. The van der Waals surface area contributed by atoms with Crippen molar-refractivity contribution in [2.75, 3.05) is 5.73 Å². The summed E-state index contributed by atoms with van der Waals surface area (Å²) in [6.07, 6.45) is 0. The molecule has 3 nitrogen and oxygen atoms in total. The van der Waals surface area contributed by atoms with Gasteiger partial charge in [-0.3, -0.25) is 0 Å². The van der Waals surface area contributed by atoms with E-state index in [0.717, 1.165) is 6.07 Å². The van der Waals surface area contributed by atoms with Crippen LogP contribution in [0.1, 0.15) is 0 Å². The molecule has 2 aromatic rings. The van der Waals surface area contributed by atoms with Gasteiger partial charge in [0.2, 0.25) is 5.88 Å². The van der Waals surface area contributed by atoms with Crippen LogP contribution >= 0.6 is 0 Å². The lowest BCUT2D eigenvalue weighted by Gasteiger charge is -2.00. The van der Waals surface area contributed by atoms with E-state index in [0.29, 0.717) is 12.1 Å². The number of hydrogen-bond donors (Lipinski definition) is 1. The second kappa shape index (κ2) is 3.30. The van der Waals surface area contributed by atoms with E-state index in [2.05, 4.69) is 9.68 Å². The van der Waals surface area contributed by atoms with Gasteiger partial charge in [-0.05, 0) is 0 Å². The Balaban J connectivity index is 2.62. The van der Waals surface area contributed by atoms with Crippen LogP contribution in [0.15, 0.2) is 22.7 Å². The highest BCUT2D eigenvalue weighted by Gasteiger charge is 2.16. The van der Waals surface area contributed by atoms with Crippen LogP contribution < -0.4 is 5.73 Å². The summed E-state index contributed by atoms with van der Waals surface area (Å²) in [4.78, 5) is 0. The first-order chi connectivity index (χ1) is 7.08. The number of halogens is 3. The first-order valence-corrected chi connectivity index (χ1v) is 3.95. The smallest absolute Gasteiger partial charge is 0.222 e. The summed E-state index contributed by atoms with van der Waals surface area (Å²) >= 11 is 0. The zero-order chi connectivity index (χ0) is 11.0. The molecule has 1 aromatic heterocycles. The van der Waals surface area contributed by atoms with E-state index in [4.69, 9.17) is 5.73 Å². The Hall–Kier alpha value is -1.98. The van der Waals surface area contributed by atoms with Crippen LogP contribution in [0.2, 0.25) is 0 Å². The van der Waals surface area contributed by atoms with E-state index in [1.807, 2.05) is 0 Å². The fraction of sp³-hybridized carbons (Fsp3) is 0. The van der Waals surface area contributed by atoms with E-state index >= 15 is 0 Å². The molecule has 6 heteroatoms. The van der Waals surface area contributed by atoms with Crippen molar-refractivity contribution in [1.29, 1.82) is 0 Å². The molecule has 0 bridgehead atoms. The third kappa shape index (κ3) is 1.65. The number of aromatic nitrogens is 1. The Kier molecular flexibility index (Phi) is 2.11. The van der Waals surface area contributed by atoms with Crippen molar-refractivity contribution in [1.82, 2.24) is 5.16 Å². The molecular weight excluding hydrogens is 209 g/mol. The molecule has 0 aliphatic carbocycles. The molecule has 0 saturated carbocycles. The molecule has 78 valence electrons. The molecule has 0 spiro atoms. The Labute approximate surface area is 82.3 Å². The van der Waals surface area contributed by atoms with Gasteiger partial charge in [-0.2, -0.15) is 0 Å². The van der Waals surface area contributed by atoms with E-state index in [1.165, 1.54) is 0 Å². The maximum Gasteiger partial charge on any atom is 0.222 e. The second-order valence-electron chi connectivity index (χ2n) is 2.86. The lowest BCUT2D eigenvalue weighted by Crippen LogP contribution is -1.92. The maximum absolute atomic E-state index is 13.2. The van der Waals surface area contributed by atoms with Crippen LogP contribution in [0.4, 0.5) is 19.1 Å². The average molecular weight is 214 g/mol. The van der Waals surface area contributed by atoms with Crippen LogP contribution in [0.3, 0.4) is 0 Å². The van der Waals surface area contributed by atoms with Crippen molar-refractivity contribution in [2.45, 2.75) is 0 Å². The summed E-state index contributed by atoms with van der Waals surface area (Å²) in [5.74, 6) is -3.18. The van der Waals surface area contributed by atoms with Gasteiger partial charge in [0, 0.05) is 18.2 Å². The molecule has 0 atom stereocenters. The van der Waals surface area contributed by atoms with Crippen molar-refractivity contribution < 1.29 is 17.7 Å². The highest BCUT2D eigenvalue weighted by atomic mass is 19.1. The molecule has 1 heterocycles. The number of anilines is 1. The molecule has 0 saturated heterocycles. The number of nitrogens with two attached hydrogens (primary N) is 1. The van der Waals surface area contributed by atoms with Crippen molar-refractivity contribution in [3.05, 3.63) is 35.7 Å². The fourth-order valence-electron chi connectivity index (χ4n) is 1.19. The molecule has 15 heavy (non-hydrogen) atoms. The van der Waals surface area contributed by atoms with Crippen LogP contribution in [-0.2, 0) is 0 Å². The first-order valence-electron chi connectivity index (χ1n) is 3.95. The Morgan fingerprint density at radius 2 is 1.67 bits per heavy atom. The van der Waals surface area contributed by atoms with Crippen molar-refractivity contribution >= 4 is 5.88 Å². The van der Waals surface area contributed by atoms with E-state index in [1.54, 1.807) is 0 Å². The summed E-state index contributed by atoms with van der Waals surface area (Å²) in [6, 6.07) is 2.27. The molecule has 1 aromatic carbocycles. The van der Waals surface area contributed by atoms with E-state index in [9.17, 15) is 13.2 Å². The third-order valence-corrected chi connectivity index (χ3v) is 1.79. The largest absolute Gasteiger partial charge is 0.368 e. The summed E-state index contributed by atoms with van der Waals surface area (Å²) in [5.41, 5.74) is 4.63. The molecule has 0 radical (unpaired) electrons. The first kappa shape index (κ1) is 9.57. The monoisotopic (exact) mass is 214 g/mol. The molecule has 0 aliphatic heterocycles. The fourth-order valence-corrected chi connectivity index (χ4v) is 1.19. The van der Waals surface area contributed by atoms with E-state index < -0.39 is 23.0 Å². The molecule has 2 rings (SSSR count). The minimum absolute atomic E-state index is 0.0758. The summed E-state index contributed by atoms with van der Waals surface area (Å²) in [5, 5.41) is 3.33. The molecule has 0 unspecified atom stereocenters. The molecule has 0 aliphatic rings. The van der Waals surface area contributed by atoms with Gasteiger partial charge in [-0.1, -0.05) is 5.16 Å². The van der Waals surface area contributed by atoms with Crippen LogP contribution in [-0.4, -0.2) is 5.16 Å². The zero-order valence-corrected chi connectivity index (χ0v) is 7.30. The topological polar surface area (TPSA) is 52.0 Å². The number of nitrogens with zero attached hydrogens (tertiary/aromatic N) is 1. The maximum atomic E-state index is 13.2. The zero-order valence-electron chi connectivity index (χ0n) is 7.30. The van der Waals surface area contributed by atoms with Crippen molar-refractivity contribution in [2.24, 2.45) is 0 Å². The van der Waals surface area contributed by atoms with Crippen LogP contribution in [0, 0.1) is 17.5 Å². The van der Waals surface area contributed by atoms with Gasteiger partial charge < -0.3 is 10.3 Å². The Morgan fingerprint density at radius 3 is 2.13 bits per heavy atom. The predicted molar refractivity (Wildman–Crippen MR) is 46.2 cm³/mol. The van der Waals surface area contributed by atoms with Gasteiger partial charge in [0.1, 0.15) is 23.1 Å². The number of nitrogen functional groups attached to an aromatic ring is 1. The van der Waals surface area contributed by atoms with Gasteiger partial charge in [-0.15, -0.1) is 0 Å². The van der Waals surface area contributed by atoms with E-state index in [-0.39, 0.29) is 11.6 Å². The minimum atomic E-state index is -1.05. The molecule has 0 amide bonds. The van der Waals surface area contributed by atoms with Gasteiger partial charge in [0.05, 0.1) is 5.56 Å². The Bertz CT molecular complexity index is 487. The number of benzene rings is 1. The van der Waals surface area contributed by atoms with Crippen LogP contribution in [0.5, 0.6) is 0 Å². The number of rotatable bonds is 1.